The van der Waals surface area contributed by atoms with E-state index in [9.17, 15) is 9.50 Å². The first-order chi connectivity index (χ1) is 14.1. The van der Waals surface area contributed by atoms with Gasteiger partial charge in [0.15, 0.2) is 0 Å². The zero-order valence-electron chi connectivity index (χ0n) is 15.8. The van der Waals surface area contributed by atoms with Gasteiger partial charge in [0, 0.05) is 23.4 Å². The number of aliphatic hydroxyl groups excluding tert-OH is 1. The van der Waals surface area contributed by atoms with Gasteiger partial charge in [0.25, 0.3) is 0 Å². The van der Waals surface area contributed by atoms with Gasteiger partial charge in [0.05, 0.1) is 23.7 Å². The lowest BCUT2D eigenvalue weighted by Gasteiger charge is -2.07. The zero-order valence-corrected chi connectivity index (χ0v) is 15.8. The van der Waals surface area contributed by atoms with Crippen LogP contribution in [0.5, 0.6) is 0 Å². The molecule has 4 rings (SSSR count). The summed E-state index contributed by atoms with van der Waals surface area (Å²) in [7, 11) is 0. The van der Waals surface area contributed by atoms with Crippen LogP contribution >= 0.6 is 0 Å². The van der Waals surface area contributed by atoms with Crippen LogP contribution in [0.3, 0.4) is 0 Å². The van der Waals surface area contributed by atoms with Gasteiger partial charge in [0.1, 0.15) is 11.6 Å². The highest BCUT2D eigenvalue weighted by atomic mass is 19.1. The Bertz CT molecular complexity index is 1100. The van der Waals surface area contributed by atoms with E-state index in [1.807, 2.05) is 37.3 Å². The van der Waals surface area contributed by atoms with Crippen molar-refractivity contribution < 1.29 is 9.50 Å². The highest BCUT2D eigenvalue weighted by molar-refractivity contribution is 5.77. The molecule has 0 radical (unpaired) electrons. The molecule has 0 saturated heterocycles. The summed E-state index contributed by atoms with van der Waals surface area (Å²) in [6, 6.07) is 17.6. The lowest BCUT2D eigenvalue weighted by molar-refractivity contribution is 0.269. The molecule has 2 aromatic carbocycles. The maximum Gasteiger partial charge on any atom is 0.227 e. The van der Waals surface area contributed by atoms with Gasteiger partial charge < -0.3 is 15.4 Å². The second-order valence-corrected chi connectivity index (χ2v) is 6.69. The molecule has 29 heavy (non-hydrogen) atoms. The third-order valence-corrected chi connectivity index (χ3v) is 4.52. The van der Waals surface area contributed by atoms with E-state index < -0.39 is 0 Å². The van der Waals surface area contributed by atoms with Crippen molar-refractivity contribution in [2.24, 2.45) is 0 Å². The number of nitrogens with one attached hydrogen (secondary N) is 2. The number of aromatic amines is 1. The van der Waals surface area contributed by atoms with Crippen LogP contribution in [-0.2, 0) is 0 Å². The standard InChI is InChI=1S/C22H20FN5O/c1-14(13-29)21-27-19(15-7-9-16(23)10-8-15)20(28-21)18-11-12-24-22(26-18)25-17-5-3-2-4-6-17/h2-12,14,29H,13H2,1H3,(H,27,28)(H,24,25,26). The van der Waals surface area contributed by atoms with E-state index in [0.29, 0.717) is 28.9 Å². The molecular weight excluding hydrogens is 369 g/mol. The van der Waals surface area contributed by atoms with Crippen molar-refractivity contribution in [1.29, 1.82) is 0 Å². The van der Waals surface area contributed by atoms with E-state index in [1.54, 1.807) is 24.4 Å². The lowest BCUT2D eigenvalue weighted by atomic mass is 10.1. The number of hydrogen-bond donors (Lipinski definition) is 3. The van der Waals surface area contributed by atoms with Gasteiger partial charge in [-0.25, -0.2) is 19.3 Å². The van der Waals surface area contributed by atoms with Crippen LogP contribution in [0.25, 0.3) is 22.6 Å². The number of rotatable bonds is 6. The fourth-order valence-corrected chi connectivity index (χ4v) is 2.92. The molecule has 0 bridgehead atoms. The number of imidazole rings is 1. The van der Waals surface area contributed by atoms with Crippen molar-refractivity contribution in [3.63, 3.8) is 0 Å². The number of anilines is 2. The van der Waals surface area contributed by atoms with Crippen molar-refractivity contribution in [3.05, 3.63) is 78.5 Å². The Hall–Kier alpha value is -3.58. The number of H-pyrrole nitrogens is 1. The second-order valence-electron chi connectivity index (χ2n) is 6.69. The molecule has 2 heterocycles. The maximum atomic E-state index is 13.4. The zero-order chi connectivity index (χ0) is 20.2. The molecule has 1 atom stereocenters. The first kappa shape index (κ1) is 18.8. The number of hydrogen-bond acceptors (Lipinski definition) is 5. The van der Waals surface area contributed by atoms with Crippen LogP contribution in [0.1, 0.15) is 18.7 Å². The Labute approximate surface area is 167 Å². The molecule has 0 fully saturated rings. The summed E-state index contributed by atoms with van der Waals surface area (Å²) < 4.78 is 13.4. The van der Waals surface area contributed by atoms with Crippen LogP contribution in [0.2, 0.25) is 0 Å². The quantitative estimate of drug-likeness (QED) is 0.452. The van der Waals surface area contributed by atoms with Gasteiger partial charge in [-0.15, -0.1) is 0 Å². The van der Waals surface area contributed by atoms with E-state index in [-0.39, 0.29) is 18.3 Å². The van der Waals surface area contributed by atoms with Gasteiger partial charge in [0.2, 0.25) is 5.95 Å². The third kappa shape index (κ3) is 4.14. The summed E-state index contributed by atoms with van der Waals surface area (Å²) in [6.45, 7) is 1.83. The predicted octanol–water partition coefficient (Wildman–Crippen LogP) is 4.51. The average Bonchev–Trinajstić information content (AvgIpc) is 3.20. The summed E-state index contributed by atoms with van der Waals surface area (Å²) in [6.07, 6.45) is 1.66. The Morgan fingerprint density at radius 1 is 1.03 bits per heavy atom. The van der Waals surface area contributed by atoms with Crippen LogP contribution in [0, 0.1) is 5.82 Å². The Kier molecular flexibility index (Phi) is 5.31. The van der Waals surface area contributed by atoms with E-state index in [4.69, 9.17) is 0 Å². The maximum absolute atomic E-state index is 13.4. The predicted molar refractivity (Wildman–Crippen MR) is 110 cm³/mol. The van der Waals surface area contributed by atoms with Gasteiger partial charge in [-0.3, -0.25) is 0 Å². The molecule has 0 aliphatic carbocycles. The number of nitrogens with zero attached hydrogens (tertiary/aromatic N) is 3. The topological polar surface area (TPSA) is 86.7 Å². The van der Waals surface area contributed by atoms with Crippen LogP contribution in [0.4, 0.5) is 16.0 Å². The molecule has 146 valence electrons. The monoisotopic (exact) mass is 389 g/mol. The van der Waals surface area contributed by atoms with Crippen molar-refractivity contribution in [1.82, 2.24) is 19.9 Å². The van der Waals surface area contributed by atoms with Crippen molar-refractivity contribution >= 4 is 11.6 Å². The molecule has 0 spiro atoms. The van der Waals surface area contributed by atoms with E-state index in [1.165, 1.54) is 12.1 Å². The fraction of sp³-hybridized carbons (Fsp3) is 0.136. The summed E-state index contributed by atoms with van der Waals surface area (Å²) in [5.41, 5.74) is 3.60. The normalized spacial score (nSPS) is 12.0. The molecule has 0 amide bonds. The average molecular weight is 389 g/mol. The fourth-order valence-electron chi connectivity index (χ4n) is 2.92. The number of aromatic nitrogens is 4. The lowest BCUT2D eigenvalue weighted by Crippen LogP contribution is -2.01. The first-order valence-electron chi connectivity index (χ1n) is 9.26. The van der Waals surface area contributed by atoms with Crippen molar-refractivity contribution in [2.75, 3.05) is 11.9 Å². The summed E-state index contributed by atoms with van der Waals surface area (Å²) in [4.78, 5) is 16.8. The largest absolute Gasteiger partial charge is 0.396 e. The first-order valence-corrected chi connectivity index (χ1v) is 9.26. The molecule has 1 unspecified atom stereocenters. The summed E-state index contributed by atoms with van der Waals surface area (Å²) in [5.74, 6) is 0.598. The third-order valence-electron chi connectivity index (χ3n) is 4.52. The molecule has 0 saturated carbocycles. The van der Waals surface area contributed by atoms with Crippen molar-refractivity contribution in [2.45, 2.75) is 12.8 Å². The summed E-state index contributed by atoms with van der Waals surface area (Å²) in [5, 5.41) is 12.7. The van der Waals surface area contributed by atoms with Gasteiger partial charge in [-0.1, -0.05) is 25.1 Å². The van der Waals surface area contributed by atoms with Crippen LogP contribution in [-0.4, -0.2) is 31.6 Å². The molecule has 2 aromatic heterocycles. The van der Waals surface area contributed by atoms with Gasteiger partial charge in [-0.05, 0) is 42.5 Å². The van der Waals surface area contributed by atoms with Crippen LogP contribution < -0.4 is 5.32 Å². The highest BCUT2D eigenvalue weighted by Crippen LogP contribution is 2.31. The number of para-hydroxylation sites is 1. The number of halogens is 1. The molecule has 3 N–H and O–H groups in total. The molecule has 0 aliphatic rings. The van der Waals surface area contributed by atoms with E-state index in [0.717, 1.165) is 11.3 Å². The SMILES string of the molecule is CC(CO)c1nc(-c2ccc(F)cc2)c(-c2ccnc(Nc3ccccc3)n2)[nH]1. The smallest absolute Gasteiger partial charge is 0.227 e. The Balaban J connectivity index is 1.76. The minimum atomic E-state index is -0.314. The second kappa shape index (κ2) is 8.20. The van der Waals surface area contributed by atoms with E-state index >= 15 is 0 Å². The minimum absolute atomic E-state index is 0.0413. The van der Waals surface area contributed by atoms with Gasteiger partial charge in [-0.2, -0.15) is 0 Å². The Morgan fingerprint density at radius 2 is 1.79 bits per heavy atom. The number of benzene rings is 2. The summed E-state index contributed by atoms with van der Waals surface area (Å²) >= 11 is 0. The van der Waals surface area contributed by atoms with Crippen LogP contribution in [0.15, 0.2) is 66.9 Å². The Morgan fingerprint density at radius 3 is 2.52 bits per heavy atom. The molecule has 6 nitrogen and oxygen atoms in total. The number of aliphatic hydroxyl groups is 1. The molecule has 0 aliphatic heterocycles. The molecule has 4 aromatic rings. The van der Waals surface area contributed by atoms with Crippen molar-refractivity contribution in [3.8, 4) is 22.6 Å². The van der Waals surface area contributed by atoms with E-state index in [2.05, 4.69) is 25.3 Å². The molecule has 7 heteroatoms. The minimum Gasteiger partial charge on any atom is -0.396 e. The molecular formula is C22H20FN5O. The van der Waals surface area contributed by atoms with Gasteiger partial charge >= 0.3 is 0 Å². The highest BCUT2D eigenvalue weighted by Gasteiger charge is 2.19.